The van der Waals surface area contributed by atoms with E-state index < -0.39 is 0 Å². The van der Waals surface area contributed by atoms with Crippen molar-refractivity contribution in [3.63, 3.8) is 0 Å². The molecule has 1 amide bonds. The molecule has 0 radical (unpaired) electrons. The number of nitrogens with zero attached hydrogens (tertiary/aromatic N) is 2. The summed E-state index contributed by atoms with van der Waals surface area (Å²) in [5, 5.41) is 0. The maximum Gasteiger partial charge on any atom is 0.253 e. The van der Waals surface area contributed by atoms with Crippen molar-refractivity contribution in [2.24, 2.45) is 0 Å². The Labute approximate surface area is 147 Å². The number of carbonyl (C=O) groups is 1. The summed E-state index contributed by atoms with van der Waals surface area (Å²) in [6, 6.07) is 13.8. The zero-order valence-corrected chi connectivity index (χ0v) is 14.5. The standard InChI is InChI=1S/C20H23FN2O2/c1-16-2-8-19(9-3-16)25-15-14-22-10-12-23(13-11-22)20(24)17-4-6-18(21)7-5-17/h2-9H,10-15H2,1H3. The predicted molar refractivity (Wildman–Crippen MR) is 95.4 cm³/mol. The summed E-state index contributed by atoms with van der Waals surface area (Å²) in [6.07, 6.45) is 0. The van der Waals surface area contributed by atoms with Gasteiger partial charge >= 0.3 is 0 Å². The first-order valence-electron chi connectivity index (χ1n) is 8.58. The maximum absolute atomic E-state index is 13.0. The lowest BCUT2D eigenvalue weighted by Gasteiger charge is -2.34. The van der Waals surface area contributed by atoms with E-state index in [9.17, 15) is 9.18 Å². The van der Waals surface area contributed by atoms with Gasteiger partial charge < -0.3 is 9.64 Å². The minimum Gasteiger partial charge on any atom is -0.492 e. The quantitative estimate of drug-likeness (QED) is 0.837. The lowest BCUT2D eigenvalue weighted by molar-refractivity contribution is 0.0620. The first-order chi connectivity index (χ1) is 12.1. The Hall–Kier alpha value is -2.40. The molecule has 1 saturated heterocycles. The molecule has 3 rings (SSSR count). The summed E-state index contributed by atoms with van der Waals surface area (Å²) >= 11 is 0. The number of piperazine rings is 1. The van der Waals surface area contributed by atoms with E-state index in [-0.39, 0.29) is 11.7 Å². The van der Waals surface area contributed by atoms with Crippen LogP contribution in [0.3, 0.4) is 0 Å². The van der Waals surface area contributed by atoms with Gasteiger partial charge in [-0.25, -0.2) is 4.39 Å². The molecule has 1 fully saturated rings. The summed E-state index contributed by atoms with van der Waals surface area (Å²) in [4.78, 5) is 16.5. The van der Waals surface area contributed by atoms with Crippen molar-refractivity contribution in [1.29, 1.82) is 0 Å². The van der Waals surface area contributed by atoms with Crippen LogP contribution >= 0.6 is 0 Å². The number of amides is 1. The Bertz CT molecular complexity index is 693. The smallest absolute Gasteiger partial charge is 0.253 e. The number of ether oxygens (including phenoxy) is 1. The normalized spacial score (nSPS) is 15.2. The average Bonchev–Trinajstić information content (AvgIpc) is 2.64. The van der Waals surface area contributed by atoms with Gasteiger partial charge in [0.2, 0.25) is 0 Å². The highest BCUT2D eigenvalue weighted by molar-refractivity contribution is 5.94. The summed E-state index contributed by atoms with van der Waals surface area (Å²) in [7, 11) is 0. The molecule has 0 N–H and O–H groups in total. The Kier molecular flexibility index (Phi) is 5.66. The molecular weight excluding hydrogens is 319 g/mol. The third kappa shape index (κ3) is 4.79. The van der Waals surface area contributed by atoms with Crippen molar-refractivity contribution < 1.29 is 13.9 Å². The Morgan fingerprint density at radius 1 is 1.00 bits per heavy atom. The molecule has 0 saturated carbocycles. The van der Waals surface area contributed by atoms with E-state index in [2.05, 4.69) is 11.8 Å². The van der Waals surface area contributed by atoms with Crippen LogP contribution in [0.25, 0.3) is 0 Å². The highest BCUT2D eigenvalue weighted by Crippen LogP contribution is 2.12. The molecule has 0 atom stereocenters. The van der Waals surface area contributed by atoms with Crippen LogP contribution in [-0.2, 0) is 0 Å². The van der Waals surface area contributed by atoms with Gasteiger partial charge in [0.1, 0.15) is 18.2 Å². The van der Waals surface area contributed by atoms with E-state index in [0.29, 0.717) is 25.3 Å². The van der Waals surface area contributed by atoms with E-state index in [1.54, 1.807) is 12.1 Å². The van der Waals surface area contributed by atoms with Gasteiger partial charge in [0.15, 0.2) is 0 Å². The van der Waals surface area contributed by atoms with Crippen molar-refractivity contribution in [3.05, 3.63) is 65.5 Å². The van der Waals surface area contributed by atoms with Crippen LogP contribution in [0.15, 0.2) is 48.5 Å². The molecule has 1 aliphatic rings. The molecule has 0 bridgehead atoms. The van der Waals surface area contributed by atoms with Crippen LogP contribution in [-0.4, -0.2) is 55.0 Å². The van der Waals surface area contributed by atoms with Crippen LogP contribution in [0.1, 0.15) is 15.9 Å². The van der Waals surface area contributed by atoms with Crippen molar-refractivity contribution in [2.75, 3.05) is 39.3 Å². The Morgan fingerprint density at radius 3 is 2.28 bits per heavy atom. The molecule has 2 aromatic carbocycles. The lowest BCUT2D eigenvalue weighted by atomic mass is 10.2. The topological polar surface area (TPSA) is 32.8 Å². The van der Waals surface area contributed by atoms with E-state index in [1.807, 2.05) is 29.2 Å². The fraction of sp³-hybridized carbons (Fsp3) is 0.350. The van der Waals surface area contributed by atoms with Gasteiger partial charge in [-0.2, -0.15) is 0 Å². The van der Waals surface area contributed by atoms with Crippen LogP contribution < -0.4 is 4.74 Å². The molecule has 1 heterocycles. The SMILES string of the molecule is Cc1ccc(OCCN2CCN(C(=O)c3ccc(F)cc3)CC2)cc1. The van der Waals surface area contributed by atoms with Crippen LogP contribution in [0, 0.1) is 12.7 Å². The number of hydrogen-bond acceptors (Lipinski definition) is 3. The van der Waals surface area contributed by atoms with Crippen molar-refractivity contribution in [3.8, 4) is 5.75 Å². The minimum absolute atomic E-state index is 0.0319. The average molecular weight is 342 g/mol. The van der Waals surface area contributed by atoms with Crippen LogP contribution in [0.4, 0.5) is 4.39 Å². The molecular formula is C20H23FN2O2. The van der Waals surface area contributed by atoms with Gasteiger partial charge in [0.05, 0.1) is 0 Å². The van der Waals surface area contributed by atoms with Crippen LogP contribution in [0.5, 0.6) is 5.75 Å². The number of aryl methyl sites for hydroxylation is 1. The molecule has 0 unspecified atom stereocenters. The summed E-state index contributed by atoms with van der Waals surface area (Å²) < 4.78 is 18.7. The van der Waals surface area contributed by atoms with Gasteiger partial charge in [-0.1, -0.05) is 17.7 Å². The van der Waals surface area contributed by atoms with E-state index in [1.165, 1.54) is 17.7 Å². The van der Waals surface area contributed by atoms with Gasteiger partial charge in [-0.15, -0.1) is 0 Å². The molecule has 2 aromatic rings. The number of carbonyl (C=O) groups excluding carboxylic acids is 1. The van der Waals surface area contributed by atoms with Crippen molar-refractivity contribution >= 4 is 5.91 Å². The molecule has 25 heavy (non-hydrogen) atoms. The van der Waals surface area contributed by atoms with Gasteiger partial charge in [-0.3, -0.25) is 9.69 Å². The molecule has 5 heteroatoms. The first kappa shape index (κ1) is 17.4. The van der Waals surface area contributed by atoms with Gasteiger partial charge in [0.25, 0.3) is 5.91 Å². The van der Waals surface area contributed by atoms with E-state index in [0.717, 1.165) is 25.4 Å². The molecule has 1 aliphatic heterocycles. The number of benzene rings is 2. The molecule has 0 aliphatic carbocycles. The second-order valence-electron chi connectivity index (χ2n) is 6.30. The fourth-order valence-corrected chi connectivity index (χ4v) is 2.88. The van der Waals surface area contributed by atoms with Gasteiger partial charge in [0, 0.05) is 38.3 Å². The predicted octanol–water partition coefficient (Wildman–Crippen LogP) is 2.97. The number of halogens is 1. The molecule has 0 spiro atoms. The lowest BCUT2D eigenvalue weighted by Crippen LogP contribution is -2.49. The zero-order chi connectivity index (χ0) is 17.6. The third-order valence-corrected chi connectivity index (χ3v) is 4.45. The largest absolute Gasteiger partial charge is 0.492 e. The maximum atomic E-state index is 13.0. The van der Waals surface area contributed by atoms with Gasteiger partial charge in [-0.05, 0) is 43.3 Å². The summed E-state index contributed by atoms with van der Waals surface area (Å²) in [6.45, 7) is 6.54. The van der Waals surface area contributed by atoms with Crippen LogP contribution in [0.2, 0.25) is 0 Å². The molecule has 132 valence electrons. The van der Waals surface area contributed by atoms with Crippen molar-refractivity contribution in [2.45, 2.75) is 6.92 Å². The highest BCUT2D eigenvalue weighted by Gasteiger charge is 2.21. The summed E-state index contributed by atoms with van der Waals surface area (Å²) in [5.74, 6) is 0.529. The Balaban J connectivity index is 1.41. The number of hydrogen-bond donors (Lipinski definition) is 0. The summed E-state index contributed by atoms with van der Waals surface area (Å²) in [5.41, 5.74) is 1.76. The molecule has 4 nitrogen and oxygen atoms in total. The third-order valence-electron chi connectivity index (χ3n) is 4.45. The monoisotopic (exact) mass is 342 g/mol. The highest BCUT2D eigenvalue weighted by atomic mass is 19.1. The van der Waals surface area contributed by atoms with E-state index in [4.69, 9.17) is 4.74 Å². The zero-order valence-electron chi connectivity index (χ0n) is 14.5. The minimum atomic E-state index is -0.324. The van der Waals surface area contributed by atoms with Crippen molar-refractivity contribution in [1.82, 2.24) is 9.80 Å². The van der Waals surface area contributed by atoms with E-state index >= 15 is 0 Å². The Morgan fingerprint density at radius 2 is 1.64 bits per heavy atom. The first-order valence-corrected chi connectivity index (χ1v) is 8.58. The number of rotatable bonds is 5. The fourth-order valence-electron chi connectivity index (χ4n) is 2.88. The second-order valence-corrected chi connectivity index (χ2v) is 6.30. The molecule has 0 aromatic heterocycles. The second kappa shape index (κ2) is 8.12.